The van der Waals surface area contributed by atoms with Gasteiger partial charge in [0.2, 0.25) is 5.91 Å². The van der Waals surface area contributed by atoms with Crippen LogP contribution in [0.15, 0.2) is 70.7 Å². The average molecular weight is 518 g/mol. The topological polar surface area (TPSA) is 83.6 Å². The first-order valence-corrected chi connectivity index (χ1v) is 14.2. The van der Waals surface area contributed by atoms with E-state index in [9.17, 15) is 10.1 Å². The smallest absolute Gasteiger partial charge is 0.235 e. The third-order valence-electron chi connectivity index (χ3n) is 5.69. The Morgan fingerprint density at radius 1 is 1.03 bits per heavy atom. The van der Waals surface area contributed by atoms with Crippen molar-refractivity contribution in [1.82, 2.24) is 14.8 Å². The number of nitriles is 1. The van der Waals surface area contributed by atoms with Crippen molar-refractivity contribution in [3.05, 3.63) is 82.5 Å². The normalized spacial score (nSPS) is 12.7. The molecule has 2 aromatic heterocycles. The Bertz CT molecular complexity index is 1360. The molecule has 1 aliphatic carbocycles. The number of thioether (sulfide) groups is 2. The molecule has 6 nitrogen and oxygen atoms in total. The Morgan fingerprint density at radius 2 is 1.77 bits per heavy atom. The van der Waals surface area contributed by atoms with Crippen molar-refractivity contribution in [3.8, 4) is 11.8 Å². The van der Waals surface area contributed by atoms with Crippen LogP contribution in [-0.4, -0.2) is 26.4 Å². The van der Waals surface area contributed by atoms with Crippen molar-refractivity contribution in [2.75, 3.05) is 11.1 Å². The highest BCUT2D eigenvalue weighted by Crippen LogP contribution is 2.37. The molecule has 0 aliphatic heterocycles. The molecule has 0 bridgehead atoms. The minimum Gasteiger partial charge on any atom is -0.316 e. The number of thiophene rings is 1. The van der Waals surface area contributed by atoms with E-state index < -0.39 is 0 Å². The molecule has 176 valence electrons. The predicted octanol–water partition coefficient (Wildman–Crippen LogP) is 6.10. The number of nitrogens with zero attached hydrogens (tertiary/aromatic N) is 4. The summed E-state index contributed by atoms with van der Waals surface area (Å²) in [7, 11) is 0. The quantitative estimate of drug-likeness (QED) is 0.284. The number of nitrogens with one attached hydrogen (secondary N) is 1. The van der Waals surface area contributed by atoms with Gasteiger partial charge in [-0.05, 0) is 55.5 Å². The fourth-order valence-corrected chi connectivity index (χ4v) is 6.91. The summed E-state index contributed by atoms with van der Waals surface area (Å²) in [5.74, 6) is 1.52. The summed E-state index contributed by atoms with van der Waals surface area (Å²) in [6.45, 7) is 0. The molecule has 0 radical (unpaired) electrons. The van der Waals surface area contributed by atoms with Gasteiger partial charge in [0.25, 0.3) is 0 Å². The number of benzene rings is 2. The van der Waals surface area contributed by atoms with Crippen molar-refractivity contribution in [1.29, 1.82) is 5.26 Å². The minimum atomic E-state index is -0.145. The molecular weight excluding hydrogens is 495 g/mol. The first-order valence-electron chi connectivity index (χ1n) is 11.4. The molecular formula is C26H23N5OS3. The molecule has 1 amide bonds. The van der Waals surface area contributed by atoms with Gasteiger partial charge in [-0.2, -0.15) is 5.26 Å². The third-order valence-corrected chi connectivity index (χ3v) is 8.84. The average Bonchev–Trinajstić information content (AvgIpc) is 3.47. The molecule has 0 spiro atoms. The van der Waals surface area contributed by atoms with Crippen molar-refractivity contribution >= 4 is 45.8 Å². The molecule has 0 atom stereocenters. The Morgan fingerprint density at radius 3 is 2.54 bits per heavy atom. The van der Waals surface area contributed by atoms with E-state index >= 15 is 0 Å². The second kappa shape index (κ2) is 11.1. The second-order valence-electron chi connectivity index (χ2n) is 8.04. The number of aromatic nitrogens is 3. The van der Waals surface area contributed by atoms with Gasteiger partial charge in [0.05, 0.1) is 17.1 Å². The lowest BCUT2D eigenvalue weighted by molar-refractivity contribution is -0.113. The fraction of sp³-hybridized carbons (Fsp3) is 0.231. The summed E-state index contributed by atoms with van der Waals surface area (Å²) in [4.78, 5) is 15.2. The highest BCUT2D eigenvalue weighted by Gasteiger charge is 2.22. The Hall–Kier alpha value is -3.06. The number of para-hydroxylation sites is 1. The van der Waals surface area contributed by atoms with Crippen LogP contribution >= 0.6 is 34.9 Å². The first kappa shape index (κ1) is 23.7. The van der Waals surface area contributed by atoms with E-state index in [4.69, 9.17) is 0 Å². The van der Waals surface area contributed by atoms with Crippen LogP contribution in [0, 0.1) is 11.3 Å². The molecule has 9 heteroatoms. The SMILES string of the molecule is N#Cc1c(NC(=O)CSc2nnc(CSc3ccccc3)n2-c2ccccc2)sc2c1CCCC2. The van der Waals surface area contributed by atoms with Crippen LogP contribution in [0.2, 0.25) is 0 Å². The molecule has 5 rings (SSSR count). The van der Waals surface area contributed by atoms with Gasteiger partial charge in [0, 0.05) is 15.5 Å². The molecule has 0 unspecified atom stereocenters. The van der Waals surface area contributed by atoms with E-state index in [-0.39, 0.29) is 11.7 Å². The van der Waals surface area contributed by atoms with Crippen LogP contribution in [-0.2, 0) is 23.4 Å². The molecule has 35 heavy (non-hydrogen) atoms. The van der Waals surface area contributed by atoms with Crippen molar-refractivity contribution in [2.45, 2.75) is 41.5 Å². The zero-order valence-corrected chi connectivity index (χ0v) is 21.4. The summed E-state index contributed by atoms with van der Waals surface area (Å²) in [6, 6.07) is 22.5. The Labute approximate surface area is 216 Å². The summed E-state index contributed by atoms with van der Waals surface area (Å²) in [6.07, 6.45) is 4.15. The van der Waals surface area contributed by atoms with E-state index in [1.165, 1.54) is 16.6 Å². The van der Waals surface area contributed by atoms with Gasteiger partial charge in [-0.1, -0.05) is 48.2 Å². The van der Waals surface area contributed by atoms with Gasteiger partial charge in [0.15, 0.2) is 5.16 Å². The number of amides is 1. The van der Waals surface area contributed by atoms with Crippen LogP contribution in [0.5, 0.6) is 0 Å². The summed E-state index contributed by atoms with van der Waals surface area (Å²) in [5, 5.41) is 22.8. The van der Waals surface area contributed by atoms with E-state index in [0.717, 1.165) is 47.7 Å². The van der Waals surface area contributed by atoms with E-state index in [1.54, 1.807) is 23.1 Å². The van der Waals surface area contributed by atoms with Crippen LogP contribution < -0.4 is 5.32 Å². The summed E-state index contributed by atoms with van der Waals surface area (Å²) < 4.78 is 2.01. The van der Waals surface area contributed by atoms with Gasteiger partial charge < -0.3 is 5.32 Å². The number of hydrogen-bond donors (Lipinski definition) is 1. The summed E-state index contributed by atoms with van der Waals surface area (Å²) >= 11 is 4.59. The number of anilines is 1. The largest absolute Gasteiger partial charge is 0.316 e. The number of carbonyl (C=O) groups is 1. The fourth-order valence-electron chi connectivity index (χ4n) is 4.05. The van der Waals surface area contributed by atoms with Gasteiger partial charge in [0.1, 0.15) is 16.9 Å². The predicted molar refractivity (Wildman–Crippen MR) is 142 cm³/mol. The van der Waals surface area contributed by atoms with E-state index in [0.29, 0.717) is 21.5 Å². The first-order chi connectivity index (χ1) is 17.2. The van der Waals surface area contributed by atoms with Crippen molar-refractivity contribution < 1.29 is 4.79 Å². The van der Waals surface area contributed by atoms with Gasteiger partial charge in [-0.15, -0.1) is 33.3 Å². The molecule has 0 saturated carbocycles. The second-order valence-corrected chi connectivity index (χ2v) is 11.1. The number of fused-ring (bicyclic) bond motifs is 1. The lowest BCUT2D eigenvalue weighted by Gasteiger charge is -2.10. The molecule has 4 aromatic rings. The summed E-state index contributed by atoms with van der Waals surface area (Å²) in [5.41, 5.74) is 2.72. The number of rotatable bonds is 8. The van der Waals surface area contributed by atoms with Crippen LogP contribution in [0.4, 0.5) is 5.00 Å². The zero-order chi connectivity index (χ0) is 24.0. The number of aryl methyl sites for hydroxylation is 1. The van der Waals surface area contributed by atoms with Crippen LogP contribution in [0.1, 0.15) is 34.7 Å². The lowest BCUT2D eigenvalue weighted by Crippen LogP contribution is -2.14. The van der Waals surface area contributed by atoms with Gasteiger partial charge in [-0.3, -0.25) is 9.36 Å². The van der Waals surface area contributed by atoms with Crippen molar-refractivity contribution in [2.24, 2.45) is 0 Å². The van der Waals surface area contributed by atoms with Crippen LogP contribution in [0.25, 0.3) is 5.69 Å². The minimum absolute atomic E-state index is 0.145. The molecule has 2 aromatic carbocycles. The number of hydrogen-bond acceptors (Lipinski definition) is 7. The Kier molecular flexibility index (Phi) is 7.52. The zero-order valence-electron chi connectivity index (χ0n) is 18.9. The molecule has 0 fully saturated rings. The van der Waals surface area contributed by atoms with Crippen LogP contribution in [0.3, 0.4) is 0 Å². The number of carbonyl (C=O) groups excluding carboxylic acids is 1. The third kappa shape index (κ3) is 5.45. The van der Waals surface area contributed by atoms with E-state index in [2.05, 4.69) is 33.7 Å². The molecule has 1 aliphatic rings. The molecule has 0 saturated heterocycles. The monoisotopic (exact) mass is 517 g/mol. The van der Waals surface area contributed by atoms with Crippen molar-refractivity contribution in [3.63, 3.8) is 0 Å². The maximum atomic E-state index is 12.8. The van der Waals surface area contributed by atoms with E-state index in [1.807, 2.05) is 53.1 Å². The van der Waals surface area contributed by atoms with Gasteiger partial charge in [-0.25, -0.2) is 0 Å². The Balaban J connectivity index is 1.31. The maximum absolute atomic E-state index is 12.8. The van der Waals surface area contributed by atoms with Gasteiger partial charge >= 0.3 is 0 Å². The standard InChI is InChI=1S/C26H23N5OS3/c27-15-21-20-13-7-8-14-22(20)35-25(21)28-24(32)17-34-26-30-29-23(16-33-19-11-5-2-6-12-19)31(26)18-9-3-1-4-10-18/h1-6,9-12H,7-8,13-14,16-17H2,(H,28,32). The lowest BCUT2D eigenvalue weighted by atomic mass is 9.96. The highest BCUT2D eigenvalue weighted by atomic mass is 32.2. The molecule has 1 N–H and O–H groups in total. The highest BCUT2D eigenvalue weighted by molar-refractivity contribution is 7.99. The maximum Gasteiger partial charge on any atom is 0.235 e. The molecule has 2 heterocycles.